The highest BCUT2D eigenvalue weighted by Crippen LogP contribution is 2.35. The smallest absolute Gasteiger partial charge is 0.339 e. The second-order valence-electron chi connectivity index (χ2n) is 9.72. The van der Waals surface area contributed by atoms with E-state index in [9.17, 15) is 15.0 Å². The van der Waals surface area contributed by atoms with E-state index in [0.29, 0.717) is 5.56 Å². The van der Waals surface area contributed by atoms with Gasteiger partial charge in [0.1, 0.15) is 11.3 Å². The Kier molecular flexibility index (Phi) is 14.1. The molecule has 0 bridgehead atoms. The maximum Gasteiger partial charge on any atom is 0.339 e. The highest BCUT2D eigenvalue weighted by Gasteiger charge is 2.15. The number of carboxylic acids is 1. The van der Waals surface area contributed by atoms with Crippen molar-refractivity contribution < 1.29 is 15.0 Å². The van der Waals surface area contributed by atoms with Gasteiger partial charge in [-0.1, -0.05) is 140 Å². The number of aromatic hydroxyl groups is 1. The number of aromatic carboxylic acids is 1. The zero-order valence-electron chi connectivity index (χ0n) is 21.4. The minimum atomic E-state index is -1.10. The summed E-state index contributed by atoms with van der Waals surface area (Å²) in [5.74, 6) is -1.25. The highest BCUT2D eigenvalue weighted by molar-refractivity contribution is 5.94. The molecule has 2 aromatic carbocycles. The molecule has 0 amide bonds. The quantitative estimate of drug-likeness (QED) is 0.203. The molecule has 0 aliphatic carbocycles. The maximum atomic E-state index is 11.4. The van der Waals surface area contributed by atoms with Gasteiger partial charge in [0, 0.05) is 5.56 Å². The molecule has 0 spiro atoms. The van der Waals surface area contributed by atoms with Crippen LogP contribution >= 0.6 is 0 Å². The fourth-order valence-corrected chi connectivity index (χ4v) is 4.80. The molecule has 0 saturated heterocycles. The average Bonchev–Trinajstić information content (AvgIpc) is 2.84. The summed E-state index contributed by atoms with van der Waals surface area (Å²) in [5.41, 5.74) is 2.66. The number of carbonyl (C=O) groups is 1. The van der Waals surface area contributed by atoms with Crippen LogP contribution in [0.15, 0.2) is 42.5 Å². The first-order chi connectivity index (χ1) is 16.6. The molecule has 0 unspecified atom stereocenters. The van der Waals surface area contributed by atoms with Gasteiger partial charge >= 0.3 is 5.97 Å². The minimum Gasteiger partial charge on any atom is -0.506 e. The van der Waals surface area contributed by atoms with Gasteiger partial charge in [-0.2, -0.15) is 0 Å². The molecule has 188 valence electrons. The minimum absolute atomic E-state index is 0.0466. The zero-order valence-corrected chi connectivity index (χ0v) is 21.4. The Balaban J connectivity index is 1.58. The third-order valence-corrected chi connectivity index (χ3v) is 6.87. The van der Waals surface area contributed by atoms with E-state index in [1.54, 1.807) is 12.1 Å². The largest absolute Gasteiger partial charge is 0.506 e. The second-order valence-corrected chi connectivity index (χ2v) is 9.72. The van der Waals surface area contributed by atoms with Crippen molar-refractivity contribution in [3.63, 3.8) is 0 Å². The average molecular weight is 467 g/mol. The van der Waals surface area contributed by atoms with Crippen LogP contribution in [-0.2, 0) is 6.42 Å². The summed E-state index contributed by atoms with van der Waals surface area (Å²) in [6.45, 7) is 2.28. The Morgan fingerprint density at radius 3 is 1.62 bits per heavy atom. The summed E-state index contributed by atoms with van der Waals surface area (Å²) in [5, 5.41) is 19.8. The van der Waals surface area contributed by atoms with Gasteiger partial charge in [0.2, 0.25) is 0 Å². The summed E-state index contributed by atoms with van der Waals surface area (Å²) in [6.07, 6.45) is 22.7. The lowest BCUT2D eigenvalue weighted by Gasteiger charge is -2.12. The van der Waals surface area contributed by atoms with Crippen LogP contribution < -0.4 is 0 Å². The third kappa shape index (κ3) is 10.3. The zero-order chi connectivity index (χ0) is 24.4. The molecule has 0 atom stereocenters. The molecule has 2 N–H and O–H groups in total. The Morgan fingerprint density at radius 2 is 1.09 bits per heavy atom. The van der Waals surface area contributed by atoms with Crippen LogP contribution in [0.4, 0.5) is 0 Å². The first kappa shape index (κ1) is 28.0. The van der Waals surface area contributed by atoms with Crippen LogP contribution in [0, 0.1) is 0 Å². The topological polar surface area (TPSA) is 57.5 Å². The monoisotopic (exact) mass is 466 g/mol. The molecular weight excluding hydrogens is 420 g/mol. The second kappa shape index (κ2) is 17.2. The molecule has 0 aromatic heterocycles. The molecule has 0 fully saturated rings. The first-order valence-corrected chi connectivity index (χ1v) is 13.8. The van der Waals surface area contributed by atoms with E-state index >= 15 is 0 Å². The normalized spacial score (nSPS) is 11.1. The molecule has 3 heteroatoms. The first-order valence-electron chi connectivity index (χ1n) is 13.8. The highest BCUT2D eigenvalue weighted by atomic mass is 16.4. The van der Waals surface area contributed by atoms with E-state index in [-0.39, 0.29) is 11.3 Å². The third-order valence-electron chi connectivity index (χ3n) is 6.87. The van der Waals surface area contributed by atoms with E-state index < -0.39 is 5.97 Å². The number of para-hydroxylation sites is 1. The van der Waals surface area contributed by atoms with E-state index in [1.165, 1.54) is 108 Å². The van der Waals surface area contributed by atoms with Crippen LogP contribution in [0.25, 0.3) is 11.1 Å². The Labute approximate surface area is 207 Å². The van der Waals surface area contributed by atoms with Crippen molar-refractivity contribution in [2.75, 3.05) is 0 Å². The van der Waals surface area contributed by atoms with Crippen molar-refractivity contribution in [3.8, 4) is 16.9 Å². The summed E-state index contributed by atoms with van der Waals surface area (Å²) in [4.78, 5) is 11.4. The predicted molar refractivity (Wildman–Crippen MR) is 144 cm³/mol. The summed E-state index contributed by atoms with van der Waals surface area (Å²) >= 11 is 0. The van der Waals surface area contributed by atoms with Crippen LogP contribution in [0.3, 0.4) is 0 Å². The van der Waals surface area contributed by atoms with E-state index in [4.69, 9.17) is 0 Å². The lowest BCUT2D eigenvalue weighted by molar-refractivity contribution is 0.0694. The van der Waals surface area contributed by atoms with Gasteiger partial charge in [0.05, 0.1) is 0 Å². The van der Waals surface area contributed by atoms with Gasteiger partial charge < -0.3 is 10.2 Å². The number of benzene rings is 2. The number of phenols is 1. The number of hydrogen-bond acceptors (Lipinski definition) is 2. The molecule has 34 heavy (non-hydrogen) atoms. The number of carboxylic acid groups (broad SMARTS) is 1. The van der Waals surface area contributed by atoms with Crippen LogP contribution in [0.5, 0.6) is 5.75 Å². The number of hydrogen-bond donors (Lipinski definition) is 2. The van der Waals surface area contributed by atoms with Crippen molar-refractivity contribution >= 4 is 5.97 Å². The van der Waals surface area contributed by atoms with E-state index in [2.05, 4.69) is 13.0 Å². The van der Waals surface area contributed by atoms with Gasteiger partial charge in [-0.25, -0.2) is 4.79 Å². The van der Waals surface area contributed by atoms with Gasteiger partial charge in [-0.3, -0.25) is 0 Å². The van der Waals surface area contributed by atoms with E-state index in [0.717, 1.165) is 18.4 Å². The number of unbranched alkanes of at least 4 members (excludes halogenated alkanes) is 15. The Bertz CT molecular complexity index is 827. The van der Waals surface area contributed by atoms with Crippen molar-refractivity contribution in [1.82, 2.24) is 0 Å². The molecule has 2 rings (SSSR count). The fourth-order valence-electron chi connectivity index (χ4n) is 4.80. The molecule has 0 aliphatic heterocycles. The van der Waals surface area contributed by atoms with E-state index in [1.807, 2.05) is 18.2 Å². The lowest BCUT2D eigenvalue weighted by atomic mass is 9.93. The van der Waals surface area contributed by atoms with Gasteiger partial charge in [-0.15, -0.1) is 0 Å². The van der Waals surface area contributed by atoms with Crippen molar-refractivity contribution in [3.05, 3.63) is 53.6 Å². The summed E-state index contributed by atoms with van der Waals surface area (Å²) < 4.78 is 0. The number of aryl methyl sites for hydroxylation is 1. The predicted octanol–water partition coefficient (Wildman–Crippen LogP) is 9.56. The van der Waals surface area contributed by atoms with Crippen molar-refractivity contribution in [1.29, 1.82) is 0 Å². The SMILES string of the molecule is CCCCCCCCCCCCCCCCCCc1ccccc1-c1cccc(C(=O)O)c1O. The Hall–Kier alpha value is -2.29. The van der Waals surface area contributed by atoms with Crippen LogP contribution in [0.1, 0.15) is 126 Å². The standard InChI is InChI=1S/C31H46O3/c1-2-3-4-5-6-7-8-9-10-11-12-13-14-15-16-17-21-26-22-18-19-23-27(26)28-24-20-25-29(30(28)32)31(33)34/h18-20,22-25,32H,2-17,21H2,1H3,(H,33,34). The Morgan fingerprint density at radius 1 is 0.618 bits per heavy atom. The van der Waals surface area contributed by atoms with Crippen LogP contribution in [-0.4, -0.2) is 16.2 Å². The van der Waals surface area contributed by atoms with Crippen LogP contribution in [0.2, 0.25) is 0 Å². The summed E-state index contributed by atoms with van der Waals surface area (Å²) in [6, 6.07) is 13.0. The molecule has 0 aliphatic rings. The molecule has 0 saturated carbocycles. The fraction of sp³-hybridized carbons (Fsp3) is 0.581. The molecule has 0 heterocycles. The molecular formula is C31H46O3. The lowest BCUT2D eigenvalue weighted by Crippen LogP contribution is -1.98. The van der Waals surface area contributed by atoms with Crippen molar-refractivity contribution in [2.45, 2.75) is 116 Å². The number of rotatable bonds is 19. The molecule has 0 radical (unpaired) electrons. The van der Waals surface area contributed by atoms with Gasteiger partial charge in [0.15, 0.2) is 0 Å². The molecule has 2 aromatic rings. The maximum absolute atomic E-state index is 11.4. The van der Waals surface area contributed by atoms with Gasteiger partial charge in [0.25, 0.3) is 0 Å². The van der Waals surface area contributed by atoms with Crippen molar-refractivity contribution in [2.24, 2.45) is 0 Å². The molecule has 3 nitrogen and oxygen atoms in total. The summed E-state index contributed by atoms with van der Waals surface area (Å²) in [7, 11) is 0. The van der Waals surface area contributed by atoms with Gasteiger partial charge in [-0.05, 0) is 30.0 Å².